The van der Waals surface area contributed by atoms with Crippen LogP contribution in [0.1, 0.15) is 31.4 Å². The van der Waals surface area contributed by atoms with E-state index in [-0.39, 0.29) is 30.6 Å². The average Bonchev–Trinajstić information content (AvgIpc) is 3.03. The first-order valence-electron chi connectivity index (χ1n) is 8.01. The number of methoxy groups -OCH3 is 1. The maximum atomic E-state index is 8.74. The summed E-state index contributed by atoms with van der Waals surface area (Å²) in [5.41, 5.74) is 0. The van der Waals surface area contributed by atoms with Crippen LogP contribution in [0, 0.1) is 0 Å². The largest absolute Gasteiger partial charge is 0.469 e. The van der Waals surface area contributed by atoms with Crippen molar-refractivity contribution >= 4 is 29.9 Å². The Morgan fingerprint density at radius 2 is 2.00 bits per heavy atom. The molecule has 0 aromatic carbocycles. The normalized spacial score (nSPS) is 11.1. The summed E-state index contributed by atoms with van der Waals surface area (Å²) in [6.45, 7) is 3.22. The molecule has 6 nitrogen and oxygen atoms in total. The molecule has 1 rings (SSSR count). The maximum absolute atomic E-state index is 8.74. The molecule has 0 saturated heterocycles. The zero-order chi connectivity index (χ0) is 15.9. The van der Waals surface area contributed by atoms with Gasteiger partial charge in [0.05, 0.1) is 12.9 Å². The van der Waals surface area contributed by atoms with Crippen LogP contribution >= 0.6 is 24.0 Å². The fraction of sp³-hybridized carbons (Fsp3) is 0.688. The van der Waals surface area contributed by atoms with Gasteiger partial charge in [-0.1, -0.05) is 12.8 Å². The van der Waals surface area contributed by atoms with Crippen molar-refractivity contribution < 1.29 is 14.3 Å². The molecule has 0 spiro atoms. The van der Waals surface area contributed by atoms with Gasteiger partial charge in [-0.15, -0.1) is 24.0 Å². The predicted molar refractivity (Wildman–Crippen MR) is 104 cm³/mol. The molecule has 0 unspecified atom stereocenters. The molecule has 0 saturated carbocycles. The Hall–Kier alpha value is -0.800. The Bertz CT molecular complexity index is 386. The highest BCUT2D eigenvalue weighted by Gasteiger charge is 2.00. The third-order valence-electron chi connectivity index (χ3n) is 3.18. The van der Waals surface area contributed by atoms with E-state index in [0.29, 0.717) is 6.61 Å². The zero-order valence-electron chi connectivity index (χ0n) is 13.9. The number of nitrogens with zero attached hydrogens (tertiary/aromatic N) is 1. The summed E-state index contributed by atoms with van der Waals surface area (Å²) in [4.78, 5) is 4.56. The summed E-state index contributed by atoms with van der Waals surface area (Å²) >= 11 is 0. The van der Waals surface area contributed by atoms with Crippen molar-refractivity contribution in [3.05, 3.63) is 24.2 Å². The molecule has 0 aliphatic rings. The highest BCUT2D eigenvalue weighted by molar-refractivity contribution is 14.0. The van der Waals surface area contributed by atoms with E-state index in [1.165, 1.54) is 0 Å². The summed E-state index contributed by atoms with van der Waals surface area (Å²) in [5, 5.41) is 15.3. The van der Waals surface area contributed by atoms with E-state index >= 15 is 0 Å². The summed E-state index contributed by atoms with van der Waals surface area (Å²) in [5.74, 6) is 1.78. The Kier molecular flexibility index (Phi) is 15.5. The molecule has 0 radical (unpaired) electrons. The number of hydrogen-bond donors (Lipinski definition) is 3. The molecular weight excluding hydrogens is 409 g/mol. The smallest absolute Gasteiger partial charge is 0.191 e. The van der Waals surface area contributed by atoms with E-state index in [9.17, 15) is 0 Å². The number of halogens is 1. The molecule has 23 heavy (non-hydrogen) atoms. The SMILES string of the molecule is COCCNC(=NCCCCCCO)NCCc1ccco1.I. The van der Waals surface area contributed by atoms with Gasteiger partial charge in [0.2, 0.25) is 0 Å². The van der Waals surface area contributed by atoms with Crippen LogP contribution in [-0.2, 0) is 11.2 Å². The zero-order valence-corrected chi connectivity index (χ0v) is 16.3. The standard InChI is InChI=1S/C16H29N3O3.HI/c1-21-14-11-19-16(17-9-4-2-3-5-12-20)18-10-8-15-7-6-13-22-15;/h6-7,13,20H,2-5,8-12,14H2,1H3,(H2,17,18,19);1H. The maximum Gasteiger partial charge on any atom is 0.191 e. The van der Waals surface area contributed by atoms with Gasteiger partial charge in [-0.3, -0.25) is 4.99 Å². The molecule has 3 N–H and O–H groups in total. The summed E-state index contributed by atoms with van der Waals surface area (Å²) < 4.78 is 10.4. The van der Waals surface area contributed by atoms with Crippen LogP contribution in [0.2, 0.25) is 0 Å². The highest BCUT2D eigenvalue weighted by atomic mass is 127. The monoisotopic (exact) mass is 439 g/mol. The number of rotatable bonds is 12. The lowest BCUT2D eigenvalue weighted by atomic mass is 10.2. The van der Waals surface area contributed by atoms with E-state index in [1.807, 2.05) is 12.1 Å². The molecule has 134 valence electrons. The van der Waals surface area contributed by atoms with Crippen LogP contribution in [0.3, 0.4) is 0 Å². The van der Waals surface area contributed by atoms with E-state index in [0.717, 1.165) is 63.5 Å². The van der Waals surface area contributed by atoms with Gasteiger partial charge in [0.25, 0.3) is 0 Å². The number of furan rings is 1. The van der Waals surface area contributed by atoms with Gasteiger partial charge >= 0.3 is 0 Å². The summed E-state index contributed by atoms with van der Waals surface area (Å²) in [6, 6.07) is 3.87. The van der Waals surface area contributed by atoms with Gasteiger partial charge in [0, 0.05) is 39.8 Å². The Morgan fingerprint density at radius 1 is 1.22 bits per heavy atom. The first-order chi connectivity index (χ1) is 10.9. The van der Waals surface area contributed by atoms with E-state index in [2.05, 4.69) is 15.6 Å². The van der Waals surface area contributed by atoms with Gasteiger partial charge in [-0.05, 0) is 25.0 Å². The Balaban J connectivity index is 0.00000484. The fourth-order valence-corrected chi connectivity index (χ4v) is 1.97. The second-order valence-corrected chi connectivity index (χ2v) is 5.04. The number of unbranched alkanes of at least 4 members (excludes halogenated alkanes) is 3. The number of hydrogen-bond acceptors (Lipinski definition) is 4. The van der Waals surface area contributed by atoms with Crippen molar-refractivity contribution in [2.24, 2.45) is 4.99 Å². The van der Waals surface area contributed by atoms with Crippen LogP contribution in [0.15, 0.2) is 27.8 Å². The molecule has 0 amide bonds. The predicted octanol–water partition coefficient (Wildman–Crippen LogP) is 2.17. The molecule has 1 aromatic heterocycles. The van der Waals surface area contributed by atoms with Crippen molar-refractivity contribution in [1.29, 1.82) is 0 Å². The lowest BCUT2D eigenvalue weighted by Crippen LogP contribution is -2.40. The number of aliphatic hydroxyl groups is 1. The van der Waals surface area contributed by atoms with Crippen LogP contribution in [-0.4, -0.2) is 51.0 Å². The van der Waals surface area contributed by atoms with Crippen molar-refractivity contribution in [2.45, 2.75) is 32.1 Å². The van der Waals surface area contributed by atoms with Crippen molar-refractivity contribution in [3.8, 4) is 0 Å². The van der Waals surface area contributed by atoms with Crippen molar-refractivity contribution in [1.82, 2.24) is 10.6 Å². The quantitative estimate of drug-likeness (QED) is 0.201. The van der Waals surface area contributed by atoms with Crippen LogP contribution in [0.25, 0.3) is 0 Å². The molecule has 0 fully saturated rings. The first-order valence-corrected chi connectivity index (χ1v) is 8.01. The van der Waals surface area contributed by atoms with Gasteiger partial charge in [0.1, 0.15) is 5.76 Å². The average molecular weight is 439 g/mol. The summed E-state index contributed by atoms with van der Waals surface area (Å²) in [6.07, 6.45) is 6.59. The molecular formula is C16H30IN3O3. The molecule has 0 bridgehead atoms. The van der Waals surface area contributed by atoms with E-state index in [4.69, 9.17) is 14.3 Å². The van der Waals surface area contributed by atoms with Gasteiger partial charge < -0.3 is 24.9 Å². The number of aliphatic imine (C=N–C) groups is 1. The second-order valence-electron chi connectivity index (χ2n) is 5.04. The van der Waals surface area contributed by atoms with Gasteiger partial charge in [-0.2, -0.15) is 0 Å². The van der Waals surface area contributed by atoms with Crippen LogP contribution in [0.4, 0.5) is 0 Å². The molecule has 0 aliphatic carbocycles. The van der Waals surface area contributed by atoms with Crippen LogP contribution < -0.4 is 10.6 Å². The van der Waals surface area contributed by atoms with Gasteiger partial charge in [-0.25, -0.2) is 0 Å². The van der Waals surface area contributed by atoms with Crippen LogP contribution in [0.5, 0.6) is 0 Å². The number of nitrogens with one attached hydrogen (secondary N) is 2. The Labute approximate surface area is 156 Å². The fourth-order valence-electron chi connectivity index (χ4n) is 1.97. The molecule has 1 aromatic rings. The van der Waals surface area contributed by atoms with Crippen molar-refractivity contribution in [3.63, 3.8) is 0 Å². The summed E-state index contributed by atoms with van der Waals surface area (Å²) in [7, 11) is 1.68. The minimum Gasteiger partial charge on any atom is -0.469 e. The molecule has 0 atom stereocenters. The van der Waals surface area contributed by atoms with E-state index in [1.54, 1.807) is 13.4 Å². The second kappa shape index (κ2) is 16.1. The number of guanidine groups is 1. The minimum atomic E-state index is 0. The number of ether oxygens (including phenoxy) is 1. The van der Waals surface area contributed by atoms with E-state index < -0.39 is 0 Å². The lowest BCUT2D eigenvalue weighted by molar-refractivity contribution is 0.203. The molecule has 7 heteroatoms. The van der Waals surface area contributed by atoms with Gasteiger partial charge in [0.15, 0.2) is 5.96 Å². The number of aliphatic hydroxyl groups excluding tert-OH is 1. The first kappa shape index (κ1) is 22.2. The lowest BCUT2D eigenvalue weighted by Gasteiger charge is -2.12. The highest BCUT2D eigenvalue weighted by Crippen LogP contribution is 2.00. The third kappa shape index (κ3) is 12.3. The van der Waals surface area contributed by atoms with Crippen molar-refractivity contribution in [2.75, 3.05) is 40.0 Å². The molecule has 0 aliphatic heterocycles. The Morgan fingerprint density at radius 3 is 2.70 bits per heavy atom. The minimum absolute atomic E-state index is 0. The topological polar surface area (TPSA) is 79.0 Å². The third-order valence-corrected chi connectivity index (χ3v) is 3.18. The molecule has 1 heterocycles.